The predicted molar refractivity (Wildman–Crippen MR) is 97.4 cm³/mol. The molecule has 138 valence electrons. The van der Waals surface area contributed by atoms with Crippen molar-refractivity contribution in [3.05, 3.63) is 58.6 Å². The summed E-state index contributed by atoms with van der Waals surface area (Å²) in [7, 11) is 0. The van der Waals surface area contributed by atoms with Gasteiger partial charge in [0, 0.05) is 6.07 Å². The van der Waals surface area contributed by atoms with E-state index in [1.54, 1.807) is 18.2 Å². The summed E-state index contributed by atoms with van der Waals surface area (Å²) in [6, 6.07) is 12.9. The van der Waals surface area contributed by atoms with Crippen LogP contribution in [0.3, 0.4) is 0 Å². The average molecular weight is 387 g/mol. The number of oxazole rings is 1. The van der Waals surface area contributed by atoms with Crippen LogP contribution in [0.15, 0.2) is 58.2 Å². The Morgan fingerprint density at radius 1 is 1.19 bits per heavy atom. The lowest BCUT2D eigenvalue weighted by molar-refractivity contribution is -0.383. The fourth-order valence-corrected chi connectivity index (χ4v) is 2.78. The van der Waals surface area contributed by atoms with Crippen LogP contribution in [0.1, 0.15) is 0 Å². The molecule has 1 N–H and O–H groups in total. The molecule has 0 spiro atoms. The first kappa shape index (κ1) is 18.4. The van der Waals surface area contributed by atoms with Crippen LogP contribution in [0.2, 0.25) is 0 Å². The molecule has 0 fully saturated rings. The van der Waals surface area contributed by atoms with Crippen LogP contribution in [-0.4, -0.2) is 34.1 Å². The minimum Gasteiger partial charge on any atom is -0.455 e. The number of ether oxygens (including phenoxy) is 1. The molecule has 0 bridgehead atoms. The Labute approximate surface area is 156 Å². The fraction of sp³-hybridized carbons (Fsp3) is 0.118. The van der Waals surface area contributed by atoms with Gasteiger partial charge in [-0.15, -0.1) is 0 Å². The van der Waals surface area contributed by atoms with Gasteiger partial charge in [0.15, 0.2) is 12.2 Å². The van der Waals surface area contributed by atoms with Crippen molar-refractivity contribution in [1.82, 2.24) is 4.98 Å². The van der Waals surface area contributed by atoms with Gasteiger partial charge in [-0.2, -0.15) is 0 Å². The quantitative estimate of drug-likeness (QED) is 0.284. The van der Waals surface area contributed by atoms with Gasteiger partial charge in [-0.25, -0.2) is 4.98 Å². The molecule has 0 aliphatic heterocycles. The van der Waals surface area contributed by atoms with Crippen LogP contribution >= 0.6 is 11.8 Å². The summed E-state index contributed by atoms with van der Waals surface area (Å²) < 4.78 is 10.3. The summed E-state index contributed by atoms with van der Waals surface area (Å²) >= 11 is 1.04. The van der Waals surface area contributed by atoms with E-state index < -0.39 is 23.4 Å². The van der Waals surface area contributed by atoms with Gasteiger partial charge in [-0.05, 0) is 18.2 Å². The summed E-state index contributed by atoms with van der Waals surface area (Å²) in [5.74, 6) is -1.41. The van der Waals surface area contributed by atoms with Crippen LogP contribution in [0.25, 0.3) is 11.1 Å². The van der Waals surface area contributed by atoms with Gasteiger partial charge in [0.2, 0.25) is 0 Å². The highest BCUT2D eigenvalue weighted by molar-refractivity contribution is 7.99. The minimum absolute atomic E-state index is 0.0319. The topological polar surface area (TPSA) is 125 Å². The van der Waals surface area contributed by atoms with Gasteiger partial charge in [-0.1, -0.05) is 36.0 Å². The van der Waals surface area contributed by atoms with Crippen molar-refractivity contribution in [2.24, 2.45) is 0 Å². The van der Waals surface area contributed by atoms with E-state index in [4.69, 9.17) is 9.15 Å². The summed E-state index contributed by atoms with van der Waals surface area (Å²) in [5, 5.41) is 13.6. The maximum atomic E-state index is 11.8. The molecule has 1 aromatic heterocycles. The van der Waals surface area contributed by atoms with Crippen molar-refractivity contribution < 1.29 is 23.7 Å². The van der Waals surface area contributed by atoms with E-state index in [0.29, 0.717) is 16.3 Å². The number of carbonyl (C=O) groups excluding carboxylic acids is 2. The number of para-hydroxylation sites is 4. The molecule has 0 saturated heterocycles. The van der Waals surface area contributed by atoms with Gasteiger partial charge < -0.3 is 14.5 Å². The number of rotatable bonds is 7. The van der Waals surface area contributed by atoms with Gasteiger partial charge in [0.25, 0.3) is 16.8 Å². The minimum atomic E-state index is -0.676. The number of thioether (sulfide) groups is 1. The lowest BCUT2D eigenvalue weighted by Gasteiger charge is -2.06. The van der Waals surface area contributed by atoms with Crippen LogP contribution < -0.4 is 5.32 Å². The molecule has 1 heterocycles. The average Bonchev–Trinajstić information content (AvgIpc) is 3.08. The molecule has 2 aromatic carbocycles. The fourth-order valence-electron chi connectivity index (χ4n) is 2.15. The number of nitro groups is 1. The van der Waals surface area contributed by atoms with Crippen molar-refractivity contribution in [3.63, 3.8) is 0 Å². The zero-order valence-electron chi connectivity index (χ0n) is 13.8. The van der Waals surface area contributed by atoms with E-state index in [0.717, 1.165) is 11.8 Å². The summed E-state index contributed by atoms with van der Waals surface area (Å²) in [6.07, 6.45) is 0. The normalized spacial score (nSPS) is 10.5. The van der Waals surface area contributed by atoms with Crippen LogP contribution in [0.4, 0.5) is 11.4 Å². The Morgan fingerprint density at radius 2 is 1.93 bits per heavy atom. The highest BCUT2D eigenvalue weighted by Gasteiger charge is 2.16. The highest BCUT2D eigenvalue weighted by atomic mass is 32.2. The molecule has 1 amide bonds. The summed E-state index contributed by atoms with van der Waals surface area (Å²) in [5.41, 5.74) is 1.07. The van der Waals surface area contributed by atoms with Crippen molar-refractivity contribution in [2.75, 3.05) is 17.7 Å². The Balaban J connectivity index is 1.47. The van der Waals surface area contributed by atoms with Crippen LogP contribution in [0, 0.1) is 10.1 Å². The second-order valence-corrected chi connectivity index (χ2v) is 6.15. The molecule has 3 rings (SSSR count). The molecule has 9 nitrogen and oxygen atoms in total. The van der Waals surface area contributed by atoms with Crippen LogP contribution in [-0.2, 0) is 14.3 Å². The number of esters is 1. The molecule has 0 aliphatic rings. The number of aromatic nitrogens is 1. The van der Waals surface area contributed by atoms with E-state index in [1.165, 1.54) is 18.2 Å². The summed E-state index contributed by atoms with van der Waals surface area (Å²) in [6.45, 7) is -0.557. The van der Waals surface area contributed by atoms with Crippen molar-refractivity contribution in [2.45, 2.75) is 5.22 Å². The third-order valence-corrected chi connectivity index (χ3v) is 4.13. The van der Waals surface area contributed by atoms with Gasteiger partial charge in [0.05, 0.1) is 4.92 Å². The van der Waals surface area contributed by atoms with E-state index >= 15 is 0 Å². The van der Waals surface area contributed by atoms with E-state index in [2.05, 4.69) is 10.3 Å². The number of carbonyl (C=O) groups is 2. The number of nitrogens with one attached hydrogen (secondary N) is 1. The molecule has 0 saturated carbocycles. The number of anilines is 1. The predicted octanol–water partition coefficient (Wildman–Crippen LogP) is 3.01. The maximum Gasteiger partial charge on any atom is 0.316 e. The molecule has 0 radical (unpaired) electrons. The lowest BCUT2D eigenvalue weighted by Crippen LogP contribution is -2.22. The number of fused-ring (bicyclic) bond motifs is 1. The molecular weight excluding hydrogens is 374 g/mol. The molecular formula is C17H13N3O6S. The molecule has 0 aliphatic carbocycles. The van der Waals surface area contributed by atoms with Gasteiger partial charge >= 0.3 is 5.97 Å². The Morgan fingerprint density at radius 3 is 2.70 bits per heavy atom. The third-order valence-electron chi connectivity index (χ3n) is 3.33. The van der Waals surface area contributed by atoms with Crippen molar-refractivity contribution >= 4 is 46.1 Å². The van der Waals surface area contributed by atoms with Gasteiger partial charge in [-0.3, -0.25) is 19.7 Å². The molecule has 0 atom stereocenters. The summed E-state index contributed by atoms with van der Waals surface area (Å²) in [4.78, 5) is 38.1. The number of nitro benzene ring substituents is 1. The lowest BCUT2D eigenvalue weighted by atomic mass is 10.2. The number of nitrogens with zero attached hydrogens (tertiary/aromatic N) is 2. The monoisotopic (exact) mass is 387 g/mol. The SMILES string of the molecule is O=C(COC(=O)CSc1nc2ccccc2o1)Nc1ccccc1[N+](=O)[O-]. The third kappa shape index (κ3) is 4.82. The number of hydrogen-bond acceptors (Lipinski definition) is 8. The molecule has 10 heteroatoms. The van der Waals surface area contributed by atoms with Crippen molar-refractivity contribution in [3.8, 4) is 0 Å². The van der Waals surface area contributed by atoms with E-state index in [1.807, 2.05) is 12.1 Å². The molecule has 27 heavy (non-hydrogen) atoms. The van der Waals surface area contributed by atoms with E-state index in [-0.39, 0.29) is 17.1 Å². The second-order valence-electron chi connectivity index (χ2n) is 5.22. The Kier molecular flexibility index (Phi) is 5.67. The van der Waals surface area contributed by atoms with Gasteiger partial charge in [0.1, 0.15) is 17.0 Å². The first-order chi connectivity index (χ1) is 13.0. The highest BCUT2D eigenvalue weighted by Crippen LogP contribution is 2.24. The zero-order valence-corrected chi connectivity index (χ0v) is 14.6. The van der Waals surface area contributed by atoms with Crippen molar-refractivity contribution in [1.29, 1.82) is 0 Å². The van der Waals surface area contributed by atoms with E-state index in [9.17, 15) is 19.7 Å². The Bertz CT molecular complexity index is 970. The first-order valence-corrected chi connectivity index (χ1v) is 8.69. The second kappa shape index (κ2) is 8.32. The smallest absolute Gasteiger partial charge is 0.316 e. The largest absolute Gasteiger partial charge is 0.455 e. The molecule has 3 aromatic rings. The Hall–Kier alpha value is -3.40. The maximum absolute atomic E-state index is 11.8. The van der Waals surface area contributed by atoms with Crippen LogP contribution in [0.5, 0.6) is 0 Å². The standard InChI is InChI=1S/C17H13N3O6S/c21-15(18-11-5-1-3-7-13(11)20(23)24)9-25-16(22)10-27-17-19-12-6-2-4-8-14(12)26-17/h1-8H,9-10H2,(H,18,21). The number of amides is 1. The first-order valence-electron chi connectivity index (χ1n) is 7.70. The number of hydrogen-bond donors (Lipinski definition) is 1. The molecule has 0 unspecified atom stereocenters. The number of benzene rings is 2. The zero-order chi connectivity index (χ0) is 19.2.